The van der Waals surface area contributed by atoms with Gasteiger partial charge >= 0.3 is 0 Å². The first-order valence-corrected chi connectivity index (χ1v) is 13.1. The number of unbranched alkanes of at least 4 members (excludes halogenated alkanes) is 3. The number of nitrogens with zero attached hydrogens (tertiary/aromatic N) is 3. The van der Waals surface area contributed by atoms with Crippen LogP contribution in [0, 0.1) is 0 Å². The Bertz CT molecular complexity index is 1220. The van der Waals surface area contributed by atoms with Crippen LogP contribution in [0.1, 0.15) is 38.2 Å². The van der Waals surface area contributed by atoms with Gasteiger partial charge in [0.2, 0.25) is 0 Å². The van der Waals surface area contributed by atoms with Gasteiger partial charge in [-0.15, -0.1) is 6.58 Å². The Kier molecular flexibility index (Phi) is 8.55. The zero-order valence-electron chi connectivity index (χ0n) is 19.9. The number of carbonyl (C=O) groups excluding carboxylic acids is 1. The van der Waals surface area contributed by atoms with Crippen molar-refractivity contribution in [1.29, 1.82) is 0 Å². The highest BCUT2D eigenvalue weighted by molar-refractivity contribution is 8.26. The molecule has 35 heavy (non-hydrogen) atoms. The summed E-state index contributed by atoms with van der Waals surface area (Å²) in [6.45, 7) is 7.05. The first-order valence-electron chi connectivity index (χ1n) is 11.8. The normalized spacial score (nSPS) is 14.7. The predicted octanol–water partition coefficient (Wildman–Crippen LogP) is 6.89. The summed E-state index contributed by atoms with van der Waals surface area (Å²) in [5.74, 6) is 0.740. The maximum absolute atomic E-state index is 12.9. The van der Waals surface area contributed by atoms with Gasteiger partial charge in [-0.3, -0.25) is 9.69 Å². The van der Waals surface area contributed by atoms with Crippen LogP contribution in [0.2, 0.25) is 0 Å². The first-order chi connectivity index (χ1) is 17.1. The molecular formula is C28H29N3O2S2. The van der Waals surface area contributed by atoms with E-state index in [0.29, 0.717) is 15.8 Å². The predicted molar refractivity (Wildman–Crippen MR) is 149 cm³/mol. The number of hydrogen-bond donors (Lipinski definition) is 0. The molecule has 0 atom stereocenters. The van der Waals surface area contributed by atoms with Gasteiger partial charge in [0.15, 0.2) is 0 Å². The number of thiocarbonyl (C=S) groups is 1. The highest BCUT2D eigenvalue weighted by Gasteiger charge is 2.31. The lowest BCUT2D eigenvalue weighted by Crippen LogP contribution is -2.27. The zero-order valence-corrected chi connectivity index (χ0v) is 21.5. The molecule has 1 saturated heterocycles. The van der Waals surface area contributed by atoms with Crippen molar-refractivity contribution < 1.29 is 9.53 Å². The second kappa shape index (κ2) is 12.0. The molecule has 0 unspecified atom stereocenters. The Balaban J connectivity index is 1.62. The molecular weight excluding hydrogens is 474 g/mol. The highest BCUT2D eigenvalue weighted by Crippen LogP contribution is 2.35. The SMILES string of the molecule is C=CCN1C(=O)/C(=C/c2cn(-c3ccccc3)nc2-c2ccc(OCCCCCC)cc2)SC1=S. The van der Waals surface area contributed by atoms with Gasteiger partial charge in [-0.05, 0) is 48.9 Å². The molecule has 180 valence electrons. The molecule has 0 aliphatic carbocycles. The summed E-state index contributed by atoms with van der Waals surface area (Å²) < 4.78 is 8.28. The Morgan fingerprint density at radius 2 is 1.86 bits per heavy atom. The van der Waals surface area contributed by atoms with Gasteiger partial charge in [-0.1, -0.05) is 74.4 Å². The Labute approximate surface area is 216 Å². The number of para-hydroxylation sites is 1. The molecule has 1 fully saturated rings. The van der Waals surface area contributed by atoms with E-state index in [-0.39, 0.29) is 5.91 Å². The number of thioether (sulfide) groups is 1. The molecule has 1 aromatic heterocycles. The van der Waals surface area contributed by atoms with Gasteiger partial charge in [0.05, 0.1) is 22.9 Å². The van der Waals surface area contributed by atoms with Crippen molar-refractivity contribution in [2.45, 2.75) is 32.6 Å². The van der Waals surface area contributed by atoms with Gasteiger partial charge in [0.1, 0.15) is 10.1 Å². The number of rotatable bonds is 11. The molecule has 0 N–H and O–H groups in total. The smallest absolute Gasteiger partial charge is 0.266 e. The number of carbonyl (C=O) groups is 1. The summed E-state index contributed by atoms with van der Waals surface area (Å²) in [5.41, 5.74) is 3.53. The second-order valence-electron chi connectivity index (χ2n) is 8.23. The average molecular weight is 504 g/mol. The molecule has 3 aromatic rings. The summed E-state index contributed by atoms with van der Waals surface area (Å²) in [6.07, 6.45) is 10.2. The fourth-order valence-corrected chi connectivity index (χ4v) is 5.05. The van der Waals surface area contributed by atoms with Crippen molar-refractivity contribution >= 4 is 40.3 Å². The second-order valence-corrected chi connectivity index (χ2v) is 9.90. The van der Waals surface area contributed by atoms with Crippen molar-refractivity contribution in [3.05, 3.63) is 83.9 Å². The lowest BCUT2D eigenvalue weighted by molar-refractivity contribution is -0.121. The Morgan fingerprint density at radius 1 is 1.09 bits per heavy atom. The van der Waals surface area contributed by atoms with Crippen molar-refractivity contribution in [3.8, 4) is 22.7 Å². The van der Waals surface area contributed by atoms with E-state index >= 15 is 0 Å². The molecule has 0 radical (unpaired) electrons. The van der Waals surface area contributed by atoms with Crippen LogP contribution < -0.4 is 4.74 Å². The van der Waals surface area contributed by atoms with Crippen LogP contribution >= 0.6 is 24.0 Å². The third-order valence-corrected chi connectivity index (χ3v) is 7.01. The quantitative estimate of drug-likeness (QED) is 0.123. The molecule has 1 aliphatic heterocycles. The summed E-state index contributed by atoms with van der Waals surface area (Å²) in [4.78, 5) is 15.0. The van der Waals surface area contributed by atoms with Crippen LogP contribution in [0.3, 0.4) is 0 Å². The maximum atomic E-state index is 12.9. The number of aromatic nitrogens is 2. The van der Waals surface area contributed by atoms with E-state index in [2.05, 4.69) is 13.5 Å². The molecule has 1 aliphatic rings. The van der Waals surface area contributed by atoms with Crippen LogP contribution in [0.15, 0.2) is 78.4 Å². The van der Waals surface area contributed by atoms with Crippen LogP contribution in [-0.4, -0.2) is 38.1 Å². The maximum Gasteiger partial charge on any atom is 0.266 e. The molecule has 1 amide bonds. The number of hydrogen-bond acceptors (Lipinski definition) is 5. The summed E-state index contributed by atoms with van der Waals surface area (Å²) in [6, 6.07) is 17.9. The Morgan fingerprint density at radius 3 is 2.57 bits per heavy atom. The molecule has 0 bridgehead atoms. The molecule has 2 aromatic carbocycles. The largest absolute Gasteiger partial charge is 0.494 e. The number of ether oxygens (including phenoxy) is 1. The Hall–Kier alpha value is -3.16. The highest BCUT2D eigenvalue weighted by atomic mass is 32.2. The number of amides is 1. The third-order valence-electron chi connectivity index (χ3n) is 5.63. The minimum absolute atomic E-state index is 0.106. The van der Waals surface area contributed by atoms with E-state index in [1.54, 1.807) is 11.0 Å². The monoisotopic (exact) mass is 503 g/mol. The summed E-state index contributed by atoms with van der Waals surface area (Å²) in [7, 11) is 0. The van der Waals surface area contributed by atoms with Crippen LogP contribution in [-0.2, 0) is 4.79 Å². The molecule has 7 heteroatoms. The minimum atomic E-state index is -0.106. The summed E-state index contributed by atoms with van der Waals surface area (Å²) in [5, 5.41) is 4.87. The van der Waals surface area contributed by atoms with Gasteiger partial charge < -0.3 is 4.74 Å². The van der Waals surface area contributed by atoms with Gasteiger partial charge in [0.25, 0.3) is 5.91 Å². The van der Waals surface area contributed by atoms with Gasteiger partial charge in [-0.25, -0.2) is 4.68 Å². The summed E-state index contributed by atoms with van der Waals surface area (Å²) >= 11 is 6.71. The lowest BCUT2D eigenvalue weighted by Gasteiger charge is -2.10. The van der Waals surface area contributed by atoms with Crippen molar-refractivity contribution in [2.24, 2.45) is 0 Å². The standard InChI is InChI=1S/C28H29N3O2S2/c1-3-5-6-10-18-33-24-15-13-21(14-16-24)26-22(20-31(29-26)23-11-8-7-9-12-23)19-25-27(32)30(17-4-2)28(34)35-25/h4,7-9,11-16,19-20H,2-3,5-6,10,17-18H2,1H3/b25-19-. The lowest BCUT2D eigenvalue weighted by atomic mass is 10.1. The van der Waals surface area contributed by atoms with E-state index in [1.165, 1.54) is 31.0 Å². The van der Waals surface area contributed by atoms with Gasteiger partial charge in [0, 0.05) is 23.9 Å². The fraction of sp³-hybridized carbons (Fsp3) is 0.250. The van der Waals surface area contributed by atoms with E-state index in [4.69, 9.17) is 22.1 Å². The molecule has 4 rings (SSSR count). The third kappa shape index (κ3) is 6.10. The van der Waals surface area contributed by atoms with E-state index in [0.717, 1.165) is 41.3 Å². The topological polar surface area (TPSA) is 47.4 Å². The molecule has 2 heterocycles. The first kappa shape index (κ1) is 24.9. The van der Waals surface area contributed by atoms with Crippen LogP contribution in [0.4, 0.5) is 0 Å². The fourth-order valence-electron chi connectivity index (χ4n) is 3.79. The van der Waals surface area contributed by atoms with Crippen LogP contribution in [0.25, 0.3) is 23.0 Å². The van der Waals surface area contributed by atoms with E-state index < -0.39 is 0 Å². The molecule has 5 nitrogen and oxygen atoms in total. The minimum Gasteiger partial charge on any atom is -0.494 e. The average Bonchev–Trinajstić information content (AvgIpc) is 3.41. The van der Waals surface area contributed by atoms with Crippen LogP contribution in [0.5, 0.6) is 5.75 Å². The van der Waals surface area contributed by atoms with Crippen molar-refractivity contribution in [3.63, 3.8) is 0 Å². The van der Waals surface area contributed by atoms with Crippen molar-refractivity contribution in [2.75, 3.05) is 13.2 Å². The molecule has 0 saturated carbocycles. The van der Waals surface area contributed by atoms with E-state index in [9.17, 15) is 4.79 Å². The van der Waals surface area contributed by atoms with Gasteiger partial charge in [-0.2, -0.15) is 5.10 Å². The van der Waals surface area contributed by atoms with Crippen molar-refractivity contribution in [1.82, 2.24) is 14.7 Å². The van der Waals surface area contributed by atoms with E-state index in [1.807, 2.05) is 71.6 Å². The molecule has 0 spiro atoms. The zero-order chi connectivity index (χ0) is 24.6. The number of benzene rings is 2.